The first kappa shape index (κ1) is 19.6. The molecule has 1 fully saturated rings. The summed E-state index contributed by atoms with van der Waals surface area (Å²) in [6.07, 6.45) is 0. The molecule has 1 aromatic rings. The lowest BCUT2D eigenvalue weighted by Crippen LogP contribution is -2.47. The number of nitrogens with one attached hydrogen (secondary N) is 3. The van der Waals surface area contributed by atoms with Gasteiger partial charge in [0.15, 0.2) is 0 Å². The first-order chi connectivity index (χ1) is 12.3. The lowest BCUT2D eigenvalue weighted by molar-refractivity contribution is -0.120. The smallest absolute Gasteiger partial charge is 0.312 e. The van der Waals surface area contributed by atoms with E-state index in [9.17, 15) is 22.8 Å². The molecular weight excluding hydrogens is 366 g/mol. The fourth-order valence-electron chi connectivity index (χ4n) is 2.14. The third-order valence-corrected chi connectivity index (χ3v) is 5.34. The largest absolute Gasteiger partial charge is 0.379 e. The summed E-state index contributed by atoms with van der Waals surface area (Å²) in [5.41, 5.74) is 9.06. The first-order valence-electron chi connectivity index (χ1n) is 7.61. The molecule has 0 saturated carbocycles. The van der Waals surface area contributed by atoms with E-state index in [0.717, 1.165) is 0 Å². The number of morpholine rings is 1. The van der Waals surface area contributed by atoms with Crippen LogP contribution in [-0.2, 0) is 19.6 Å². The Morgan fingerprint density at radius 1 is 1.15 bits per heavy atom. The highest BCUT2D eigenvalue weighted by atomic mass is 32.2. The molecule has 1 aromatic carbocycles. The number of rotatable bonds is 5. The lowest BCUT2D eigenvalue weighted by atomic mass is 10.2. The molecule has 0 unspecified atom stereocenters. The van der Waals surface area contributed by atoms with Gasteiger partial charge in [-0.05, 0) is 18.2 Å². The number of nitrogens with zero attached hydrogens (tertiary/aromatic N) is 1. The normalized spacial score (nSPS) is 15.1. The van der Waals surface area contributed by atoms with Crippen LogP contribution in [0.2, 0.25) is 0 Å². The molecule has 4 amide bonds. The summed E-state index contributed by atoms with van der Waals surface area (Å²) >= 11 is 0. The molecule has 142 valence electrons. The molecule has 0 aromatic heterocycles. The van der Waals surface area contributed by atoms with Gasteiger partial charge < -0.3 is 15.8 Å². The van der Waals surface area contributed by atoms with Gasteiger partial charge in [-0.15, -0.1) is 0 Å². The second-order valence-corrected chi connectivity index (χ2v) is 7.20. The molecule has 11 nitrogen and oxygen atoms in total. The molecule has 1 saturated heterocycles. The molecule has 0 radical (unpaired) electrons. The number of ether oxygens (including phenoxy) is 1. The van der Waals surface area contributed by atoms with Crippen LogP contribution in [0.15, 0.2) is 29.2 Å². The average Bonchev–Trinajstić information content (AvgIpc) is 2.65. The SMILES string of the molecule is NC(=O)NCC(=O)NNC(=O)c1cccc(S(=O)(=O)N2CCOCC2)c1. The van der Waals surface area contributed by atoms with E-state index in [1.54, 1.807) is 0 Å². The highest BCUT2D eigenvalue weighted by molar-refractivity contribution is 7.89. The number of nitrogens with two attached hydrogens (primary N) is 1. The van der Waals surface area contributed by atoms with Crippen molar-refractivity contribution in [2.45, 2.75) is 4.90 Å². The highest BCUT2D eigenvalue weighted by Crippen LogP contribution is 2.18. The number of amides is 4. The van der Waals surface area contributed by atoms with Gasteiger partial charge in [0.05, 0.1) is 18.1 Å². The van der Waals surface area contributed by atoms with Crippen LogP contribution in [0.25, 0.3) is 0 Å². The summed E-state index contributed by atoms with van der Waals surface area (Å²) in [6.45, 7) is 0.681. The zero-order valence-electron chi connectivity index (χ0n) is 13.7. The van der Waals surface area contributed by atoms with Gasteiger partial charge in [-0.1, -0.05) is 6.07 Å². The fraction of sp³-hybridized carbons (Fsp3) is 0.357. The highest BCUT2D eigenvalue weighted by Gasteiger charge is 2.26. The molecule has 26 heavy (non-hydrogen) atoms. The summed E-state index contributed by atoms with van der Waals surface area (Å²) in [6, 6.07) is 4.55. The predicted octanol–water partition coefficient (Wildman–Crippen LogP) is -1.86. The second kappa shape index (κ2) is 8.60. The Hall–Kier alpha value is -2.70. The van der Waals surface area contributed by atoms with Crippen molar-refractivity contribution in [3.8, 4) is 0 Å². The number of carbonyl (C=O) groups excluding carboxylic acids is 3. The third kappa shape index (κ3) is 5.15. The van der Waals surface area contributed by atoms with Crippen LogP contribution in [0.4, 0.5) is 4.79 Å². The average molecular weight is 385 g/mol. The molecule has 5 N–H and O–H groups in total. The van der Waals surface area contributed by atoms with Crippen molar-refractivity contribution in [2.24, 2.45) is 5.73 Å². The third-order valence-electron chi connectivity index (χ3n) is 3.44. The maximum atomic E-state index is 12.6. The van der Waals surface area contributed by atoms with Gasteiger partial charge in [0.1, 0.15) is 6.54 Å². The Kier molecular flexibility index (Phi) is 6.49. The van der Waals surface area contributed by atoms with Crippen molar-refractivity contribution in [1.82, 2.24) is 20.5 Å². The molecule has 2 rings (SSSR count). The Morgan fingerprint density at radius 3 is 2.50 bits per heavy atom. The number of carbonyl (C=O) groups is 3. The molecular formula is C14H19N5O6S. The topological polar surface area (TPSA) is 160 Å². The van der Waals surface area contributed by atoms with E-state index in [1.165, 1.54) is 28.6 Å². The van der Waals surface area contributed by atoms with Crippen molar-refractivity contribution in [1.29, 1.82) is 0 Å². The molecule has 0 aliphatic carbocycles. The van der Waals surface area contributed by atoms with Gasteiger partial charge in [-0.2, -0.15) is 4.31 Å². The van der Waals surface area contributed by atoms with Gasteiger partial charge in [0, 0.05) is 18.7 Å². The monoisotopic (exact) mass is 385 g/mol. The number of sulfonamides is 1. The van der Waals surface area contributed by atoms with Crippen molar-refractivity contribution in [2.75, 3.05) is 32.8 Å². The minimum absolute atomic E-state index is 0.0335. The maximum Gasteiger partial charge on any atom is 0.312 e. The van der Waals surface area contributed by atoms with Crippen LogP contribution >= 0.6 is 0 Å². The van der Waals surface area contributed by atoms with Gasteiger partial charge >= 0.3 is 6.03 Å². The number of hydrazine groups is 1. The van der Waals surface area contributed by atoms with Crippen molar-refractivity contribution in [3.63, 3.8) is 0 Å². The quantitative estimate of drug-likeness (QED) is 0.435. The van der Waals surface area contributed by atoms with E-state index >= 15 is 0 Å². The van der Waals surface area contributed by atoms with Crippen LogP contribution < -0.4 is 21.9 Å². The molecule has 0 atom stereocenters. The van der Waals surface area contributed by atoms with Crippen LogP contribution in [0.1, 0.15) is 10.4 Å². The van der Waals surface area contributed by atoms with Crippen molar-refractivity contribution in [3.05, 3.63) is 29.8 Å². The molecule has 1 aliphatic rings. The summed E-state index contributed by atoms with van der Waals surface area (Å²) in [4.78, 5) is 33.9. The van der Waals surface area contributed by atoms with Crippen molar-refractivity contribution < 1.29 is 27.5 Å². The predicted molar refractivity (Wildman–Crippen MR) is 89.2 cm³/mol. The van der Waals surface area contributed by atoms with Gasteiger partial charge in [0.2, 0.25) is 10.0 Å². The zero-order valence-corrected chi connectivity index (χ0v) is 14.5. The van der Waals surface area contributed by atoms with Crippen LogP contribution in [-0.4, -0.2) is 63.4 Å². The van der Waals surface area contributed by atoms with E-state index < -0.39 is 34.4 Å². The molecule has 0 bridgehead atoms. The van der Waals surface area contributed by atoms with Gasteiger partial charge in [0.25, 0.3) is 11.8 Å². The summed E-state index contributed by atoms with van der Waals surface area (Å²) < 4.78 is 31.6. The second-order valence-electron chi connectivity index (χ2n) is 5.26. The minimum atomic E-state index is -3.74. The van der Waals surface area contributed by atoms with Crippen LogP contribution in [0.5, 0.6) is 0 Å². The van der Waals surface area contributed by atoms with E-state index in [2.05, 4.69) is 16.2 Å². The minimum Gasteiger partial charge on any atom is -0.379 e. The standard InChI is InChI=1S/C14H19N5O6S/c15-14(22)16-9-12(20)17-18-13(21)10-2-1-3-11(8-10)26(23,24)19-4-6-25-7-5-19/h1-3,8H,4-7,9H2,(H,17,20)(H,18,21)(H3,15,16,22). The van der Waals surface area contributed by atoms with E-state index in [1.807, 2.05) is 0 Å². The molecule has 12 heteroatoms. The number of urea groups is 1. The summed E-state index contributed by atoms with van der Waals surface area (Å²) in [5.74, 6) is -1.41. The number of hydrogen-bond acceptors (Lipinski definition) is 6. The van der Waals surface area contributed by atoms with E-state index in [4.69, 9.17) is 10.5 Å². The lowest BCUT2D eigenvalue weighted by Gasteiger charge is -2.26. The number of benzene rings is 1. The van der Waals surface area contributed by atoms with Gasteiger partial charge in [-0.3, -0.25) is 20.4 Å². The summed E-state index contributed by atoms with van der Waals surface area (Å²) in [7, 11) is -3.74. The van der Waals surface area contributed by atoms with Gasteiger partial charge in [-0.25, -0.2) is 13.2 Å². The Labute approximate surface area is 149 Å². The number of primary amides is 1. The van der Waals surface area contributed by atoms with Crippen LogP contribution in [0.3, 0.4) is 0 Å². The van der Waals surface area contributed by atoms with Crippen LogP contribution in [0, 0.1) is 0 Å². The first-order valence-corrected chi connectivity index (χ1v) is 9.05. The Morgan fingerprint density at radius 2 is 1.85 bits per heavy atom. The molecule has 1 heterocycles. The fourth-order valence-corrected chi connectivity index (χ4v) is 3.60. The number of hydrogen-bond donors (Lipinski definition) is 4. The zero-order chi connectivity index (χ0) is 19.2. The van der Waals surface area contributed by atoms with E-state index in [-0.39, 0.29) is 23.5 Å². The van der Waals surface area contributed by atoms with E-state index in [0.29, 0.717) is 13.2 Å². The molecule has 1 aliphatic heterocycles. The summed E-state index contributed by atoms with van der Waals surface area (Å²) in [5, 5.41) is 2.05. The van der Waals surface area contributed by atoms with Crippen molar-refractivity contribution >= 4 is 27.9 Å². The Balaban J connectivity index is 2.02. The maximum absolute atomic E-state index is 12.6. The molecule has 0 spiro atoms. The Bertz CT molecular complexity index is 791.